The Hall–Kier alpha value is -1.56. The smallest absolute Gasteiger partial charge is 0.399 e. The van der Waals surface area contributed by atoms with Crippen molar-refractivity contribution < 1.29 is 22.7 Å². The van der Waals surface area contributed by atoms with Gasteiger partial charge in [-0.3, -0.25) is 0 Å². The van der Waals surface area contributed by atoms with Gasteiger partial charge in [0.2, 0.25) is 0 Å². The molecule has 0 bridgehead atoms. The van der Waals surface area contributed by atoms with Crippen LogP contribution in [0.4, 0.5) is 13.2 Å². The largest absolute Gasteiger partial charge is 0.416 e. The number of unbranched alkanes of at least 4 members (excludes halogenated alkanes) is 1. The van der Waals surface area contributed by atoms with Crippen molar-refractivity contribution in [2.75, 3.05) is 20.8 Å². The summed E-state index contributed by atoms with van der Waals surface area (Å²) in [5.41, 5.74) is 0.604. The summed E-state index contributed by atoms with van der Waals surface area (Å²) in [5, 5.41) is 3.88. The molecule has 0 N–H and O–H groups in total. The number of rotatable bonds is 7. The van der Waals surface area contributed by atoms with E-state index in [1.165, 1.54) is 19.2 Å². The van der Waals surface area contributed by atoms with Crippen LogP contribution in [-0.4, -0.2) is 26.5 Å². The number of methoxy groups -OCH3 is 1. The van der Waals surface area contributed by atoms with Gasteiger partial charge in [-0.15, -0.1) is 0 Å². The topological polar surface area (TPSA) is 30.8 Å². The second-order valence-electron chi connectivity index (χ2n) is 4.25. The van der Waals surface area contributed by atoms with Gasteiger partial charge in [-0.1, -0.05) is 17.3 Å². The van der Waals surface area contributed by atoms with Crippen molar-refractivity contribution in [3.8, 4) is 0 Å². The lowest BCUT2D eigenvalue weighted by Crippen LogP contribution is -2.07. The van der Waals surface area contributed by atoms with Gasteiger partial charge in [-0.25, -0.2) is 0 Å². The van der Waals surface area contributed by atoms with E-state index in [1.807, 2.05) is 0 Å². The lowest BCUT2D eigenvalue weighted by atomic mass is 10.0. The van der Waals surface area contributed by atoms with Gasteiger partial charge in [-0.2, -0.15) is 13.2 Å². The summed E-state index contributed by atoms with van der Waals surface area (Å²) in [6.07, 6.45) is -2.00. The number of alkyl halides is 3. The van der Waals surface area contributed by atoms with Crippen molar-refractivity contribution in [1.29, 1.82) is 0 Å². The van der Waals surface area contributed by atoms with Crippen molar-refractivity contribution in [2.45, 2.75) is 25.4 Å². The van der Waals surface area contributed by atoms with E-state index in [0.717, 1.165) is 25.0 Å². The van der Waals surface area contributed by atoms with Crippen LogP contribution in [-0.2, 0) is 15.8 Å². The molecule has 1 aromatic rings. The van der Waals surface area contributed by atoms with Crippen LogP contribution < -0.4 is 0 Å². The number of benzene rings is 1. The highest BCUT2D eigenvalue weighted by Gasteiger charge is 2.30. The maximum Gasteiger partial charge on any atom is 0.416 e. The SMILES string of the molecule is COCCCC/C(=N\OC)c1ccc(C(F)(F)F)cc1. The minimum atomic E-state index is -4.32. The molecule has 6 heteroatoms. The molecule has 3 nitrogen and oxygen atoms in total. The highest BCUT2D eigenvalue weighted by atomic mass is 19.4. The lowest BCUT2D eigenvalue weighted by Gasteiger charge is -2.09. The van der Waals surface area contributed by atoms with Gasteiger partial charge in [0.25, 0.3) is 0 Å². The summed E-state index contributed by atoms with van der Waals surface area (Å²) < 4.78 is 42.4. The van der Waals surface area contributed by atoms with E-state index in [-0.39, 0.29) is 0 Å². The summed E-state index contributed by atoms with van der Waals surface area (Å²) in [7, 11) is 3.04. The summed E-state index contributed by atoms with van der Waals surface area (Å²) in [5.74, 6) is 0. The normalized spacial score (nSPS) is 12.6. The number of nitrogens with zero attached hydrogens (tertiary/aromatic N) is 1. The molecular weight excluding hydrogens is 271 g/mol. The van der Waals surface area contributed by atoms with Crippen LogP contribution >= 0.6 is 0 Å². The minimum absolute atomic E-state index is 0.628. The Morgan fingerprint density at radius 2 is 1.75 bits per heavy atom. The van der Waals surface area contributed by atoms with Gasteiger partial charge in [0.05, 0.1) is 11.3 Å². The predicted molar refractivity (Wildman–Crippen MR) is 70.7 cm³/mol. The monoisotopic (exact) mass is 289 g/mol. The molecule has 0 unspecified atom stereocenters. The molecule has 0 aliphatic carbocycles. The van der Waals surface area contributed by atoms with Gasteiger partial charge < -0.3 is 9.57 Å². The van der Waals surface area contributed by atoms with Crippen molar-refractivity contribution in [1.82, 2.24) is 0 Å². The Labute approximate surface area is 116 Å². The fourth-order valence-electron chi connectivity index (χ4n) is 1.74. The molecule has 1 aromatic carbocycles. The molecule has 0 fully saturated rings. The second kappa shape index (κ2) is 7.89. The van der Waals surface area contributed by atoms with E-state index < -0.39 is 11.7 Å². The molecule has 0 aromatic heterocycles. The zero-order chi connectivity index (χ0) is 15.0. The predicted octanol–water partition coefficient (Wildman–Crippen LogP) is 3.87. The van der Waals surface area contributed by atoms with Crippen LogP contribution in [0.25, 0.3) is 0 Å². The average Bonchev–Trinajstić information content (AvgIpc) is 2.41. The van der Waals surface area contributed by atoms with Crippen LogP contribution in [0.3, 0.4) is 0 Å². The first-order chi connectivity index (χ1) is 9.49. The van der Waals surface area contributed by atoms with E-state index in [0.29, 0.717) is 24.3 Å². The number of ether oxygens (including phenoxy) is 1. The first-order valence-corrected chi connectivity index (χ1v) is 6.25. The van der Waals surface area contributed by atoms with Gasteiger partial charge in [0.15, 0.2) is 0 Å². The summed E-state index contributed by atoms with van der Waals surface area (Å²) >= 11 is 0. The number of hydrogen-bond acceptors (Lipinski definition) is 3. The highest BCUT2D eigenvalue weighted by Crippen LogP contribution is 2.29. The van der Waals surface area contributed by atoms with E-state index in [1.54, 1.807) is 7.11 Å². The molecule has 0 heterocycles. The van der Waals surface area contributed by atoms with Gasteiger partial charge in [0.1, 0.15) is 7.11 Å². The Balaban J connectivity index is 2.75. The summed E-state index contributed by atoms with van der Waals surface area (Å²) in [6, 6.07) is 4.93. The van der Waals surface area contributed by atoms with E-state index in [9.17, 15) is 13.2 Å². The first-order valence-electron chi connectivity index (χ1n) is 6.25. The molecule has 0 amide bonds. The number of halogens is 3. The average molecular weight is 289 g/mol. The minimum Gasteiger partial charge on any atom is -0.399 e. The maximum atomic E-state index is 12.5. The number of oxime groups is 1. The highest BCUT2D eigenvalue weighted by molar-refractivity contribution is 6.00. The van der Waals surface area contributed by atoms with E-state index in [2.05, 4.69) is 5.16 Å². The zero-order valence-electron chi connectivity index (χ0n) is 11.5. The van der Waals surface area contributed by atoms with Gasteiger partial charge in [0, 0.05) is 13.7 Å². The molecule has 0 aliphatic heterocycles. The first kappa shape index (κ1) is 16.5. The van der Waals surface area contributed by atoms with Crippen LogP contribution in [0.1, 0.15) is 30.4 Å². The quantitative estimate of drug-likeness (QED) is 0.433. The second-order valence-corrected chi connectivity index (χ2v) is 4.25. The molecule has 1 rings (SSSR count). The summed E-state index contributed by atoms with van der Waals surface area (Å²) in [6.45, 7) is 0.646. The fraction of sp³-hybridized carbons (Fsp3) is 0.500. The Kier molecular flexibility index (Phi) is 6.51. The maximum absolute atomic E-state index is 12.5. The van der Waals surface area contributed by atoms with E-state index in [4.69, 9.17) is 9.57 Å². The fourth-order valence-corrected chi connectivity index (χ4v) is 1.74. The lowest BCUT2D eigenvalue weighted by molar-refractivity contribution is -0.137. The summed E-state index contributed by atoms with van der Waals surface area (Å²) in [4.78, 5) is 4.75. The Bertz CT molecular complexity index is 427. The molecule has 0 aliphatic rings. The Morgan fingerprint density at radius 1 is 1.10 bits per heavy atom. The van der Waals surface area contributed by atoms with Gasteiger partial charge in [-0.05, 0) is 37.0 Å². The number of hydrogen-bond donors (Lipinski definition) is 0. The molecule has 0 atom stereocenters. The van der Waals surface area contributed by atoms with Crippen LogP contribution in [0.5, 0.6) is 0 Å². The van der Waals surface area contributed by atoms with Crippen molar-refractivity contribution in [3.63, 3.8) is 0 Å². The molecule has 0 saturated heterocycles. The third kappa shape index (κ3) is 5.21. The molecule has 0 spiro atoms. The molecule has 112 valence electrons. The molecule has 0 radical (unpaired) electrons. The molecule has 0 saturated carbocycles. The third-order valence-corrected chi connectivity index (χ3v) is 2.76. The van der Waals surface area contributed by atoms with Crippen molar-refractivity contribution in [3.05, 3.63) is 35.4 Å². The molecule has 20 heavy (non-hydrogen) atoms. The molecular formula is C14H18F3NO2. The van der Waals surface area contributed by atoms with Crippen molar-refractivity contribution >= 4 is 5.71 Å². The van der Waals surface area contributed by atoms with E-state index >= 15 is 0 Å². The van der Waals surface area contributed by atoms with Gasteiger partial charge >= 0.3 is 6.18 Å². The van der Waals surface area contributed by atoms with Crippen molar-refractivity contribution in [2.24, 2.45) is 5.16 Å². The van der Waals surface area contributed by atoms with Crippen LogP contribution in [0, 0.1) is 0 Å². The standard InChI is InChI=1S/C14H18F3NO2/c1-19-10-4-3-5-13(18-20-2)11-6-8-12(9-7-11)14(15,16)17/h6-9H,3-5,10H2,1-2H3/b18-13+. The third-order valence-electron chi connectivity index (χ3n) is 2.76. The Morgan fingerprint density at radius 3 is 2.25 bits per heavy atom. The van der Waals surface area contributed by atoms with Crippen LogP contribution in [0.2, 0.25) is 0 Å². The van der Waals surface area contributed by atoms with Crippen LogP contribution in [0.15, 0.2) is 29.4 Å². The zero-order valence-corrected chi connectivity index (χ0v) is 11.5.